The minimum atomic E-state index is -0.118. The lowest BCUT2D eigenvalue weighted by atomic mass is 9.87. The van der Waals surface area contributed by atoms with E-state index in [2.05, 4.69) is 15.3 Å². The van der Waals surface area contributed by atoms with E-state index >= 15 is 0 Å². The number of H-pyrrole nitrogens is 1. The molecule has 0 spiro atoms. The molecule has 4 rings (SSSR count). The van der Waals surface area contributed by atoms with Crippen molar-refractivity contribution in [2.24, 2.45) is 11.8 Å². The van der Waals surface area contributed by atoms with E-state index in [-0.39, 0.29) is 17.7 Å². The first kappa shape index (κ1) is 19.0. The highest BCUT2D eigenvalue weighted by molar-refractivity contribution is 5.84. The number of fused-ring (bicyclic) bond motifs is 1. The summed E-state index contributed by atoms with van der Waals surface area (Å²) in [5, 5.41) is 3.02. The number of hydrogen-bond acceptors (Lipinski definition) is 3. The van der Waals surface area contributed by atoms with Crippen molar-refractivity contribution in [3.05, 3.63) is 29.6 Å². The molecule has 0 unspecified atom stereocenters. The molecule has 1 aliphatic heterocycles. The Bertz CT molecular complexity index is 853. The van der Waals surface area contributed by atoms with Crippen LogP contribution in [0.4, 0.5) is 0 Å². The highest BCUT2D eigenvalue weighted by atomic mass is 16.2. The Balaban J connectivity index is 1.33. The number of aromatic amines is 1. The van der Waals surface area contributed by atoms with Gasteiger partial charge in [-0.1, -0.05) is 31.4 Å². The zero-order valence-corrected chi connectivity index (χ0v) is 16.7. The van der Waals surface area contributed by atoms with Gasteiger partial charge in [0.05, 0.1) is 23.5 Å². The van der Waals surface area contributed by atoms with Gasteiger partial charge in [-0.25, -0.2) is 4.98 Å². The fourth-order valence-electron chi connectivity index (χ4n) is 4.61. The highest BCUT2D eigenvalue weighted by Gasteiger charge is 2.31. The number of carbonyl (C=O) groups excluding carboxylic acids is 2. The predicted molar refractivity (Wildman–Crippen MR) is 109 cm³/mol. The number of rotatable bonds is 5. The van der Waals surface area contributed by atoms with Crippen molar-refractivity contribution in [2.45, 2.75) is 58.4 Å². The van der Waals surface area contributed by atoms with Crippen LogP contribution in [0.15, 0.2) is 18.2 Å². The molecule has 2 fully saturated rings. The molecule has 1 aromatic carbocycles. The van der Waals surface area contributed by atoms with Gasteiger partial charge in [0.15, 0.2) is 0 Å². The molecule has 2 N–H and O–H groups in total. The van der Waals surface area contributed by atoms with E-state index in [0.717, 1.165) is 29.0 Å². The standard InChI is InChI=1S/C22H30N4O2/c1-15-6-5-9-18-21(15)25-19(24-18)12-23-22(28)17-10-11-20(27)26(14-17)13-16-7-3-2-4-8-16/h5-6,9,16-17H,2-4,7-8,10-14H2,1H3,(H,23,28)(H,24,25)/t17-/m1/s1. The van der Waals surface area contributed by atoms with Crippen LogP contribution in [0, 0.1) is 18.8 Å². The molecular weight excluding hydrogens is 352 g/mol. The monoisotopic (exact) mass is 382 g/mol. The van der Waals surface area contributed by atoms with Gasteiger partial charge in [0.25, 0.3) is 0 Å². The quantitative estimate of drug-likeness (QED) is 0.833. The SMILES string of the molecule is Cc1cccc2[nH]c(CNC(=O)[C@@H]3CCC(=O)N(CC4CCCCC4)C3)nc12. The van der Waals surface area contributed by atoms with Crippen molar-refractivity contribution in [3.8, 4) is 0 Å². The second-order valence-electron chi connectivity index (χ2n) is 8.41. The van der Waals surface area contributed by atoms with Crippen LogP contribution in [0.5, 0.6) is 0 Å². The fourth-order valence-corrected chi connectivity index (χ4v) is 4.61. The largest absolute Gasteiger partial charge is 0.349 e. The van der Waals surface area contributed by atoms with Crippen molar-refractivity contribution in [1.82, 2.24) is 20.2 Å². The zero-order chi connectivity index (χ0) is 19.5. The van der Waals surface area contributed by atoms with Crippen LogP contribution < -0.4 is 5.32 Å². The molecule has 150 valence electrons. The van der Waals surface area contributed by atoms with Crippen LogP contribution >= 0.6 is 0 Å². The number of para-hydroxylation sites is 1. The molecule has 2 aromatic rings. The summed E-state index contributed by atoms with van der Waals surface area (Å²) in [6.07, 6.45) is 7.41. The van der Waals surface area contributed by atoms with E-state index in [0.29, 0.717) is 31.8 Å². The van der Waals surface area contributed by atoms with Gasteiger partial charge in [0.2, 0.25) is 11.8 Å². The molecule has 28 heavy (non-hydrogen) atoms. The molecule has 1 aromatic heterocycles. The van der Waals surface area contributed by atoms with Crippen LogP contribution in [0.1, 0.15) is 56.3 Å². The lowest BCUT2D eigenvalue weighted by Gasteiger charge is -2.35. The zero-order valence-electron chi connectivity index (χ0n) is 16.7. The number of imidazole rings is 1. The van der Waals surface area contributed by atoms with E-state index in [1.807, 2.05) is 30.0 Å². The predicted octanol–water partition coefficient (Wildman–Crippen LogP) is 3.31. The Hall–Kier alpha value is -2.37. The first-order valence-corrected chi connectivity index (χ1v) is 10.6. The molecule has 6 heteroatoms. The van der Waals surface area contributed by atoms with Gasteiger partial charge in [0, 0.05) is 19.5 Å². The highest BCUT2D eigenvalue weighted by Crippen LogP contribution is 2.27. The number of aromatic nitrogens is 2. The Labute approximate surface area is 166 Å². The molecule has 2 amide bonds. The van der Waals surface area contributed by atoms with Crippen LogP contribution in [-0.2, 0) is 16.1 Å². The molecule has 1 aliphatic carbocycles. The van der Waals surface area contributed by atoms with Gasteiger partial charge in [-0.05, 0) is 43.7 Å². The molecule has 2 heterocycles. The molecule has 1 saturated heterocycles. The first-order valence-electron chi connectivity index (χ1n) is 10.6. The Kier molecular flexibility index (Phi) is 5.64. The molecule has 1 saturated carbocycles. The minimum absolute atomic E-state index is 0.0262. The van der Waals surface area contributed by atoms with Crippen LogP contribution in [0.3, 0.4) is 0 Å². The van der Waals surface area contributed by atoms with Crippen LogP contribution in [-0.4, -0.2) is 39.8 Å². The number of likely N-dealkylation sites (tertiary alicyclic amines) is 1. The molecule has 1 atom stereocenters. The Morgan fingerprint density at radius 3 is 2.86 bits per heavy atom. The van der Waals surface area contributed by atoms with Crippen molar-refractivity contribution >= 4 is 22.8 Å². The molecule has 6 nitrogen and oxygen atoms in total. The van der Waals surface area contributed by atoms with Crippen LogP contribution in [0.2, 0.25) is 0 Å². The van der Waals surface area contributed by atoms with Gasteiger partial charge >= 0.3 is 0 Å². The Morgan fingerprint density at radius 1 is 1.25 bits per heavy atom. The summed E-state index contributed by atoms with van der Waals surface area (Å²) in [5.41, 5.74) is 3.07. The van der Waals surface area contributed by atoms with E-state index < -0.39 is 0 Å². The topological polar surface area (TPSA) is 78.1 Å². The van der Waals surface area contributed by atoms with E-state index in [4.69, 9.17) is 0 Å². The first-order chi connectivity index (χ1) is 13.6. The summed E-state index contributed by atoms with van der Waals surface area (Å²) >= 11 is 0. The average molecular weight is 383 g/mol. The number of carbonyl (C=O) groups is 2. The summed E-state index contributed by atoms with van der Waals surface area (Å²) in [5.74, 6) is 1.50. The van der Waals surface area contributed by atoms with Crippen molar-refractivity contribution in [1.29, 1.82) is 0 Å². The number of piperidine rings is 1. The summed E-state index contributed by atoms with van der Waals surface area (Å²) in [4.78, 5) is 34.8. The van der Waals surface area contributed by atoms with E-state index in [1.165, 1.54) is 32.1 Å². The second kappa shape index (κ2) is 8.33. The summed E-state index contributed by atoms with van der Waals surface area (Å²) in [6, 6.07) is 6.03. The summed E-state index contributed by atoms with van der Waals surface area (Å²) in [7, 11) is 0. The van der Waals surface area contributed by atoms with Gasteiger partial charge in [-0.15, -0.1) is 0 Å². The minimum Gasteiger partial charge on any atom is -0.349 e. The normalized spacial score (nSPS) is 21.2. The van der Waals surface area contributed by atoms with E-state index in [9.17, 15) is 9.59 Å². The fraction of sp³-hybridized carbons (Fsp3) is 0.591. The molecule has 0 radical (unpaired) electrons. The van der Waals surface area contributed by atoms with E-state index in [1.54, 1.807) is 0 Å². The van der Waals surface area contributed by atoms with Gasteiger partial charge in [-0.2, -0.15) is 0 Å². The molecule has 2 aliphatic rings. The second-order valence-corrected chi connectivity index (χ2v) is 8.41. The van der Waals surface area contributed by atoms with Gasteiger partial charge < -0.3 is 15.2 Å². The van der Waals surface area contributed by atoms with Gasteiger partial charge in [0.1, 0.15) is 5.82 Å². The van der Waals surface area contributed by atoms with Crippen LogP contribution in [0.25, 0.3) is 11.0 Å². The molecule has 0 bridgehead atoms. The lowest BCUT2D eigenvalue weighted by molar-refractivity contribution is -0.139. The maximum atomic E-state index is 12.7. The maximum absolute atomic E-state index is 12.7. The van der Waals surface area contributed by atoms with Crippen molar-refractivity contribution < 1.29 is 9.59 Å². The number of benzene rings is 1. The molecular formula is C22H30N4O2. The lowest BCUT2D eigenvalue weighted by Crippen LogP contribution is -2.47. The smallest absolute Gasteiger partial charge is 0.225 e. The third-order valence-electron chi connectivity index (χ3n) is 6.27. The number of nitrogens with zero attached hydrogens (tertiary/aromatic N) is 2. The number of hydrogen-bond donors (Lipinski definition) is 2. The number of nitrogens with one attached hydrogen (secondary N) is 2. The maximum Gasteiger partial charge on any atom is 0.225 e. The average Bonchev–Trinajstić information content (AvgIpc) is 3.13. The van der Waals surface area contributed by atoms with Gasteiger partial charge in [-0.3, -0.25) is 9.59 Å². The summed E-state index contributed by atoms with van der Waals surface area (Å²) < 4.78 is 0. The third-order valence-corrected chi connectivity index (χ3v) is 6.27. The van der Waals surface area contributed by atoms with Crippen molar-refractivity contribution in [3.63, 3.8) is 0 Å². The third kappa shape index (κ3) is 4.21. The number of amides is 2. The summed E-state index contributed by atoms with van der Waals surface area (Å²) in [6.45, 7) is 3.80. The van der Waals surface area contributed by atoms with Crippen molar-refractivity contribution in [2.75, 3.05) is 13.1 Å². The number of aryl methyl sites for hydroxylation is 1. The Morgan fingerprint density at radius 2 is 2.07 bits per heavy atom.